The summed E-state index contributed by atoms with van der Waals surface area (Å²) in [7, 11) is 0. The minimum atomic E-state index is -0.873. The molecule has 0 saturated carbocycles. The fourth-order valence-electron chi connectivity index (χ4n) is 1.53. The van der Waals surface area contributed by atoms with Crippen molar-refractivity contribution in [1.29, 1.82) is 0 Å². The normalized spacial score (nSPS) is 12.5. The van der Waals surface area contributed by atoms with Crippen LogP contribution in [0, 0.1) is 13.8 Å². The van der Waals surface area contributed by atoms with Gasteiger partial charge >= 0.3 is 5.97 Å². The molecule has 0 aliphatic carbocycles. The molecular weight excluding hydrogens is 190 g/mol. The number of hydrogen-bond acceptors (Lipinski definition) is 2. The second-order valence-corrected chi connectivity index (χ2v) is 3.95. The van der Waals surface area contributed by atoms with Crippen LogP contribution in [0.5, 0.6) is 0 Å². The molecule has 15 heavy (non-hydrogen) atoms. The van der Waals surface area contributed by atoms with Gasteiger partial charge in [0.15, 0.2) is 0 Å². The number of aryl methyl sites for hydroxylation is 1. The molecule has 3 nitrogen and oxygen atoms in total. The Hall–Kier alpha value is -1.35. The molecule has 1 aromatic carbocycles. The molecule has 82 valence electrons. The molecule has 0 heterocycles. The monoisotopic (exact) mass is 207 g/mol. The van der Waals surface area contributed by atoms with Gasteiger partial charge in [0.2, 0.25) is 0 Å². The van der Waals surface area contributed by atoms with Gasteiger partial charge in [-0.05, 0) is 49.1 Å². The summed E-state index contributed by atoms with van der Waals surface area (Å²) in [5, 5.41) is 9.04. The second kappa shape index (κ2) is 4.45. The third kappa shape index (κ3) is 2.36. The number of carboxylic acid groups (broad SMARTS) is 1. The maximum Gasteiger partial charge on any atom is 0.335 e. The third-order valence-electron chi connectivity index (χ3n) is 2.84. The minimum absolute atomic E-state index is 0.197. The van der Waals surface area contributed by atoms with Crippen LogP contribution in [0.1, 0.15) is 39.9 Å². The first-order valence-electron chi connectivity index (χ1n) is 5.01. The summed E-state index contributed by atoms with van der Waals surface area (Å²) < 4.78 is 0. The molecule has 0 aliphatic rings. The predicted molar refractivity (Wildman–Crippen MR) is 60.3 cm³/mol. The van der Waals surface area contributed by atoms with Gasteiger partial charge in [-0.2, -0.15) is 0 Å². The fraction of sp³-hybridized carbons (Fsp3) is 0.417. The number of nitrogens with two attached hydrogens (primary N) is 1. The smallest absolute Gasteiger partial charge is 0.335 e. The van der Waals surface area contributed by atoms with Gasteiger partial charge in [-0.3, -0.25) is 0 Å². The zero-order valence-corrected chi connectivity index (χ0v) is 9.37. The quantitative estimate of drug-likeness (QED) is 0.797. The SMILES string of the molecule is Cc1cc(C(C)CN)cc(C(=O)O)c1C. The van der Waals surface area contributed by atoms with E-state index in [1.807, 2.05) is 26.8 Å². The van der Waals surface area contributed by atoms with Crippen molar-refractivity contribution in [3.8, 4) is 0 Å². The Bertz CT molecular complexity index is 385. The highest BCUT2D eigenvalue weighted by Crippen LogP contribution is 2.21. The van der Waals surface area contributed by atoms with Crippen molar-refractivity contribution in [3.63, 3.8) is 0 Å². The molecule has 1 unspecified atom stereocenters. The van der Waals surface area contributed by atoms with Crippen LogP contribution >= 0.6 is 0 Å². The lowest BCUT2D eigenvalue weighted by atomic mass is 9.93. The van der Waals surface area contributed by atoms with E-state index in [1.54, 1.807) is 6.07 Å². The number of hydrogen-bond donors (Lipinski definition) is 2. The molecule has 3 heteroatoms. The molecule has 0 radical (unpaired) electrons. The predicted octanol–water partition coefficient (Wildman–Crippen LogP) is 2.06. The summed E-state index contributed by atoms with van der Waals surface area (Å²) in [4.78, 5) is 11.0. The summed E-state index contributed by atoms with van der Waals surface area (Å²) >= 11 is 0. The van der Waals surface area contributed by atoms with E-state index in [2.05, 4.69) is 0 Å². The Kier molecular flexibility index (Phi) is 3.48. The van der Waals surface area contributed by atoms with Crippen LogP contribution in [0.4, 0.5) is 0 Å². The fourth-order valence-corrected chi connectivity index (χ4v) is 1.53. The molecule has 0 bridgehead atoms. The van der Waals surface area contributed by atoms with Crippen molar-refractivity contribution in [2.75, 3.05) is 6.54 Å². The van der Waals surface area contributed by atoms with Crippen molar-refractivity contribution >= 4 is 5.97 Å². The average Bonchev–Trinajstić information content (AvgIpc) is 2.20. The minimum Gasteiger partial charge on any atom is -0.478 e. The van der Waals surface area contributed by atoms with E-state index in [9.17, 15) is 4.79 Å². The van der Waals surface area contributed by atoms with E-state index in [-0.39, 0.29) is 5.92 Å². The topological polar surface area (TPSA) is 63.3 Å². The number of aromatic carboxylic acids is 1. The molecular formula is C12H17NO2. The van der Waals surface area contributed by atoms with Crippen molar-refractivity contribution in [2.45, 2.75) is 26.7 Å². The Morgan fingerprint density at radius 2 is 2.07 bits per heavy atom. The molecule has 3 N–H and O–H groups in total. The summed E-state index contributed by atoms with van der Waals surface area (Å²) in [6.07, 6.45) is 0. The molecule has 0 aliphatic heterocycles. The van der Waals surface area contributed by atoms with Crippen LogP contribution in [-0.4, -0.2) is 17.6 Å². The summed E-state index contributed by atoms with van der Waals surface area (Å²) in [6, 6.07) is 3.74. The van der Waals surface area contributed by atoms with Gasteiger partial charge in [0, 0.05) is 0 Å². The lowest BCUT2D eigenvalue weighted by Gasteiger charge is -2.13. The first-order chi connectivity index (χ1) is 6.97. The van der Waals surface area contributed by atoms with Crippen LogP contribution in [0.2, 0.25) is 0 Å². The largest absolute Gasteiger partial charge is 0.478 e. The number of carbonyl (C=O) groups is 1. The lowest BCUT2D eigenvalue weighted by Crippen LogP contribution is -2.11. The maximum atomic E-state index is 11.0. The molecule has 1 rings (SSSR count). The third-order valence-corrected chi connectivity index (χ3v) is 2.84. The molecule has 1 aromatic rings. The molecule has 1 atom stereocenters. The highest BCUT2D eigenvalue weighted by atomic mass is 16.4. The van der Waals surface area contributed by atoms with Crippen molar-refractivity contribution in [2.24, 2.45) is 5.73 Å². The molecule has 0 aromatic heterocycles. The first-order valence-corrected chi connectivity index (χ1v) is 5.01. The number of carboxylic acids is 1. The maximum absolute atomic E-state index is 11.0. The highest BCUT2D eigenvalue weighted by Gasteiger charge is 2.13. The highest BCUT2D eigenvalue weighted by molar-refractivity contribution is 5.90. The summed E-state index contributed by atoms with van der Waals surface area (Å²) in [5.41, 5.74) is 8.78. The van der Waals surface area contributed by atoms with Gasteiger partial charge in [-0.1, -0.05) is 13.0 Å². The zero-order valence-electron chi connectivity index (χ0n) is 9.37. The van der Waals surface area contributed by atoms with Gasteiger partial charge < -0.3 is 10.8 Å². The van der Waals surface area contributed by atoms with Gasteiger partial charge in [-0.25, -0.2) is 4.79 Å². The number of rotatable bonds is 3. The van der Waals surface area contributed by atoms with E-state index in [1.165, 1.54) is 0 Å². The van der Waals surface area contributed by atoms with Crippen LogP contribution < -0.4 is 5.73 Å². The first kappa shape index (κ1) is 11.7. The van der Waals surface area contributed by atoms with Crippen LogP contribution in [0.3, 0.4) is 0 Å². The summed E-state index contributed by atoms with van der Waals surface area (Å²) in [5.74, 6) is -0.677. The van der Waals surface area contributed by atoms with E-state index in [0.29, 0.717) is 12.1 Å². The van der Waals surface area contributed by atoms with Crippen LogP contribution in [0.15, 0.2) is 12.1 Å². The van der Waals surface area contributed by atoms with Crippen LogP contribution in [-0.2, 0) is 0 Å². The summed E-state index contributed by atoms with van der Waals surface area (Å²) in [6.45, 7) is 6.28. The van der Waals surface area contributed by atoms with Gasteiger partial charge in [0.25, 0.3) is 0 Å². The van der Waals surface area contributed by atoms with E-state index in [0.717, 1.165) is 16.7 Å². The number of benzene rings is 1. The van der Waals surface area contributed by atoms with Crippen LogP contribution in [0.25, 0.3) is 0 Å². The van der Waals surface area contributed by atoms with Gasteiger partial charge in [-0.15, -0.1) is 0 Å². The molecule has 0 spiro atoms. The Labute approximate surface area is 89.9 Å². The second-order valence-electron chi connectivity index (χ2n) is 3.95. The average molecular weight is 207 g/mol. The van der Waals surface area contributed by atoms with Crippen molar-refractivity contribution < 1.29 is 9.90 Å². The molecule has 0 fully saturated rings. The Morgan fingerprint density at radius 1 is 1.47 bits per heavy atom. The van der Waals surface area contributed by atoms with E-state index >= 15 is 0 Å². The van der Waals surface area contributed by atoms with Crippen molar-refractivity contribution in [3.05, 3.63) is 34.4 Å². The van der Waals surface area contributed by atoms with E-state index in [4.69, 9.17) is 10.8 Å². The standard InChI is InChI=1S/C12H17NO2/c1-7-4-10(8(2)6-13)5-11(9(7)3)12(14)15/h4-5,8H,6,13H2,1-3H3,(H,14,15). The molecule has 0 amide bonds. The Morgan fingerprint density at radius 3 is 2.53 bits per heavy atom. The van der Waals surface area contributed by atoms with E-state index < -0.39 is 5.97 Å². The van der Waals surface area contributed by atoms with Crippen molar-refractivity contribution in [1.82, 2.24) is 0 Å². The van der Waals surface area contributed by atoms with Gasteiger partial charge in [0.1, 0.15) is 0 Å². The Balaban J connectivity index is 3.29. The lowest BCUT2D eigenvalue weighted by molar-refractivity contribution is 0.0696. The molecule has 0 saturated heterocycles. The van der Waals surface area contributed by atoms with Gasteiger partial charge in [0.05, 0.1) is 5.56 Å². The zero-order chi connectivity index (χ0) is 11.6.